The van der Waals surface area contributed by atoms with Crippen molar-refractivity contribution in [3.8, 4) is 5.69 Å². The Bertz CT molecular complexity index is 1600. The van der Waals surface area contributed by atoms with Crippen LogP contribution in [0.4, 0.5) is 5.69 Å². The van der Waals surface area contributed by atoms with E-state index in [0.717, 1.165) is 41.0 Å². The number of carbonyl (C=O) groups is 2. The first-order valence-electron chi connectivity index (χ1n) is 13.7. The van der Waals surface area contributed by atoms with Gasteiger partial charge in [0.05, 0.1) is 29.2 Å². The summed E-state index contributed by atoms with van der Waals surface area (Å²) in [4.78, 5) is 32.4. The van der Waals surface area contributed by atoms with E-state index in [1.165, 1.54) is 0 Å². The Morgan fingerprint density at radius 1 is 0.775 bits per heavy atom. The number of carbonyl (C=O) groups excluding carboxylic acids is 2. The van der Waals surface area contributed by atoms with Gasteiger partial charge in [-0.15, -0.1) is 0 Å². The van der Waals surface area contributed by atoms with Crippen LogP contribution in [0.3, 0.4) is 0 Å². The van der Waals surface area contributed by atoms with E-state index in [1.807, 2.05) is 125 Å². The van der Waals surface area contributed by atoms with Crippen LogP contribution in [0.15, 0.2) is 126 Å². The Balaban J connectivity index is 1.27. The van der Waals surface area contributed by atoms with E-state index < -0.39 is 12.0 Å². The first-order chi connectivity index (χ1) is 19.7. The lowest BCUT2D eigenvalue weighted by molar-refractivity contribution is -0.136. The number of aromatic nitrogens is 1. The maximum absolute atomic E-state index is 14.4. The average molecular weight is 528 g/mol. The molecule has 198 valence electrons. The molecule has 6 nitrogen and oxygen atoms in total. The second-order valence-corrected chi connectivity index (χ2v) is 10.4. The van der Waals surface area contributed by atoms with E-state index in [-0.39, 0.29) is 24.4 Å². The zero-order valence-corrected chi connectivity index (χ0v) is 22.0. The van der Waals surface area contributed by atoms with Crippen molar-refractivity contribution in [1.82, 2.24) is 9.47 Å². The monoisotopic (exact) mass is 527 g/mol. The van der Waals surface area contributed by atoms with Crippen LogP contribution < -0.4 is 4.90 Å². The molecule has 2 aliphatic rings. The lowest BCUT2D eigenvalue weighted by Gasteiger charge is -2.38. The fourth-order valence-electron chi connectivity index (χ4n) is 5.91. The van der Waals surface area contributed by atoms with Crippen LogP contribution in [-0.2, 0) is 9.59 Å². The third kappa shape index (κ3) is 4.22. The number of hydrogen-bond acceptors (Lipinski definition) is 3. The van der Waals surface area contributed by atoms with Crippen LogP contribution in [0.25, 0.3) is 5.69 Å². The largest absolute Gasteiger partial charge is 0.467 e. The third-order valence-electron chi connectivity index (χ3n) is 7.89. The highest BCUT2D eigenvalue weighted by molar-refractivity contribution is 6.01. The molecular weight excluding hydrogens is 498 g/mol. The number of nitrogens with zero attached hydrogens (tertiary/aromatic N) is 3. The molecule has 0 radical (unpaired) electrons. The van der Waals surface area contributed by atoms with E-state index in [2.05, 4.69) is 4.57 Å². The second-order valence-electron chi connectivity index (χ2n) is 10.4. The second kappa shape index (κ2) is 10.0. The first-order valence-corrected chi connectivity index (χ1v) is 13.7. The number of anilines is 1. The van der Waals surface area contributed by atoms with Crippen molar-refractivity contribution < 1.29 is 14.0 Å². The zero-order valence-electron chi connectivity index (χ0n) is 22.0. The highest BCUT2D eigenvalue weighted by atomic mass is 16.3. The van der Waals surface area contributed by atoms with Gasteiger partial charge < -0.3 is 13.9 Å². The van der Waals surface area contributed by atoms with Crippen LogP contribution in [0, 0.1) is 0 Å². The maximum atomic E-state index is 14.4. The summed E-state index contributed by atoms with van der Waals surface area (Å²) >= 11 is 0. The van der Waals surface area contributed by atoms with Crippen molar-refractivity contribution in [1.29, 1.82) is 0 Å². The molecule has 3 heterocycles. The molecule has 1 aliphatic heterocycles. The Labute approximate surface area is 233 Å². The van der Waals surface area contributed by atoms with Gasteiger partial charge in [-0.25, -0.2) is 0 Å². The van der Waals surface area contributed by atoms with Gasteiger partial charge in [0.15, 0.2) is 0 Å². The standard InChI is InChI=1S/C34H29N3O3/c38-31(37-28-16-8-7-15-27(28)35-21-9-17-29(35)33(37)30-18-10-22-40-30)23-36(26-19-20-26)34(39)32(24-11-3-1-4-12-24)25-13-5-2-6-14-25/h1-18,21-22,26,32-33H,19-20,23H2. The normalized spacial score (nSPS) is 15.9. The van der Waals surface area contributed by atoms with Crippen molar-refractivity contribution in [3.05, 3.63) is 144 Å². The predicted octanol–water partition coefficient (Wildman–Crippen LogP) is 6.33. The summed E-state index contributed by atoms with van der Waals surface area (Å²) < 4.78 is 7.98. The quantitative estimate of drug-likeness (QED) is 0.249. The van der Waals surface area contributed by atoms with Crippen molar-refractivity contribution in [2.45, 2.75) is 30.8 Å². The smallest absolute Gasteiger partial charge is 0.247 e. The molecule has 3 aromatic carbocycles. The van der Waals surface area contributed by atoms with E-state index in [4.69, 9.17) is 4.42 Å². The summed E-state index contributed by atoms with van der Waals surface area (Å²) in [6, 6.07) is 35.0. The van der Waals surface area contributed by atoms with E-state index >= 15 is 0 Å². The molecule has 1 aliphatic carbocycles. The summed E-state index contributed by atoms with van der Waals surface area (Å²) in [7, 11) is 0. The van der Waals surface area contributed by atoms with E-state index in [0.29, 0.717) is 5.76 Å². The van der Waals surface area contributed by atoms with Gasteiger partial charge >= 0.3 is 0 Å². The molecule has 0 N–H and O–H groups in total. The summed E-state index contributed by atoms with van der Waals surface area (Å²) in [6.07, 6.45) is 5.44. The molecule has 2 amide bonds. The summed E-state index contributed by atoms with van der Waals surface area (Å²) in [5, 5.41) is 0. The van der Waals surface area contributed by atoms with Crippen LogP contribution in [0.2, 0.25) is 0 Å². The highest BCUT2D eigenvalue weighted by Gasteiger charge is 2.42. The van der Waals surface area contributed by atoms with Crippen molar-refractivity contribution in [2.24, 2.45) is 0 Å². The number of para-hydroxylation sites is 2. The Kier molecular flexibility index (Phi) is 6.08. The number of rotatable bonds is 7. The molecule has 5 aromatic rings. The van der Waals surface area contributed by atoms with Gasteiger partial charge in [-0.1, -0.05) is 72.8 Å². The third-order valence-corrected chi connectivity index (χ3v) is 7.89. The highest BCUT2D eigenvalue weighted by Crippen LogP contribution is 2.43. The number of amides is 2. The molecule has 0 saturated heterocycles. The molecule has 1 unspecified atom stereocenters. The molecule has 1 fully saturated rings. The zero-order chi connectivity index (χ0) is 27.1. The Morgan fingerprint density at radius 2 is 1.43 bits per heavy atom. The van der Waals surface area contributed by atoms with Crippen LogP contribution in [0.5, 0.6) is 0 Å². The van der Waals surface area contributed by atoms with Gasteiger partial charge in [0.25, 0.3) is 0 Å². The van der Waals surface area contributed by atoms with Crippen molar-refractivity contribution in [3.63, 3.8) is 0 Å². The minimum atomic E-state index is -0.484. The van der Waals surface area contributed by atoms with Crippen LogP contribution in [0.1, 0.15) is 47.4 Å². The molecule has 2 aromatic heterocycles. The van der Waals surface area contributed by atoms with Crippen LogP contribution in [-0.4, -0.2) is 33.9 Å². The lowest BCUT2D eigenvalue weighted by atomic mass is 9.90. The minimum absolute atomic E-state index is 0.00802. The number of fused-ring (bicyclic) bond motifs is 3. The topological polar surface area (TPSA) is 58.7 Å². The van der Waals surface area contributed by atoms with Gasteiger partial charge in [-0.2, -0.15) is 0 Å². The molecule has 40 heavy (non-hydrogen) atoms. The van der Waals surface area contributed by atoms with Gasteiger partial charge in [0, 0.05) is 12.2 Å². The maximum Gasteiger partial charge on any atom is 0.247 e. The predicted molar refractivity (Wildman–Crippen MR) is 153 cm³/mol. The summed E-state index contributed by atoms with van der Waals surface area (Å²) in [6.45, 7) is -0.00802. The number of hydrogen-bond donors (Lipinski definition) is 0. The molecule has 6 heteroatoms. The number of benzene rings is 3. The Morgan fingerprint density at radius 3 is 2.05 bits per heavy atom. The molecule has 0 spiro atoms. The number of furan rings is 1. The van der Waals surface area contributed by atoms with Gasteiger partial charge in [-0.05, 0) is 60.4 Å². The first kappa shape index (κ1) is 24.2. The molecule has 1 saturated carbocycles. The molecular formula is C34H29N3O3. The fourth-order valence-corrected chi connectivity index (χ4v) is 5.91. The fraction of sp³-hybridized carbons (Fsp3) is 0.176. The lowest BCUT2D eigenvalue weighted by Crippen LogP contribution is -2.48. The van der Waals surface area contributed by atoms with Crippen molar-refractivity contribution >= 4 is 17.5 Å². The SMILES string of the molecule is O=C(C(c1ccccc1)c1ccccc1)N(CC(=O)N1c2ccccc2-n2cccc2C1c1ccco1)C1CC1. The minimum Gasteiger partial charge on any atom is -0.467 e. The van der Waals surface area contributed by atoms with Crippen LogP contribution >= 0.6 is 0 Å². The summed E-state index contributed by atoms with van der Waals surface area (Å²) in [5.41, 5.74) is 4.51. The Hall–Kier alpha value is -4.84. The van der Waals surface area contributed by atoms with Gasteiger partial charge in [0.1, 0.15) is 18.3 Å². The van der Waals surface area contributed by atoms with E-state index in [1.54, 1.807) is 6.26 Å². The van der Waals surface area contributed by atoms with Gasteiger partial charge in [-0.3, -0.25) is 14.5 Å². The molecule has 0 bridgehead atoms. The van der Waals surface area contributed by atoms with E-state index in [9.17, 15) is 9.59 Å². The molecule has 7 rings (SSSR count). The summed E-state index contributed by atoms with van der Waals surface area (Å²) in [5.74, 6) is 0.0129. The van der Waals surface area contributed by atoms with Gasteiger partial charge in [0.2, 0.25) is 11.8 Å². The van der Waals surface area contributed by atoms with Crippen molar-refractivity contribution in [2.75, 3.05) is 11.4 Å². The average Bonchev–Trinajstić information content (AvgIpc) is 3.46. The molecule has 1 atom stereocenters.